The lowest BCUT2D eigenvalue weighted by molar-refractivity contribution is -0.140. The second-order valence-corrected chi connectivity index (χ2v) is 4.20. The number of hydrogen-bond acceptors (Lipinski definition) is 4. The number of hydrogen-bond donors (Lipinski definition) is 1. The van der Waals surface area contributed by atoms with Crippen molar-refractivity contribution in [3.63, 3.8) is 0 Å². The standard InChI is InChI=1S/C11H22N2O4/c1-9(2)12(3)10(14)7-13(5-6-17-4)8-11(15)16/h9H,5-8H2,1-4H3,(H,15,16). The number of nitrogens with zero attached hydrogens (tertiary/aromatic N) is 2. The Morgan fingerprint density at radius 2 is 1.88 bits per heavy atom. The number of carboxylic acid groups (broad SMARTS) is 1. The lowest BCUT2D eigenvalue weighted by Crippen LogP contribution is -2.44. The normalized spacial score (nSPS) is 10.9. The molecule has 0 heterocycles. The molecule has 0 unspecified atom stereocenters. The van der Waals surface area contributed by atoms with E-state index in [1.807, 2.05) is 13.8 Å². The van der Waals surface area contributed by atoms with Gasteiger partial charge in [-0.05, 0) is 13.8 Å². The Morgan fingerprint density at radius 3 is 2.29 bits per heavy atom. The molecular formula is C11H22N2O4. The van der Waals surface area contributed by atoms with Gasteiger partial charge in [-0.3, -0.25) is 14.5 Å². The van der Waals surface area contributed by atoms with Crippen molar-refractivity contribution in [2.75, 3.05) is 40.4 Å². The summed E-state index contributed by atoms with van der Waals surface area (Å²) in [5, 5.41) is 8.74. The Labute approximate surface area is 102 Å². The smallest absolute Gasteiger partial charge is 0.317 e. The first-order valence-corrected chi connectivity index (χ1v) is 5.57. The predicted octanol–water partition coefficient (Wildman–Crippen LogP) is -0.114. The van der Waals surface area contributed by atoms with Crippen LogP contribution in [0, 0.1) is 0 Å². The molecule has 0 aliphatic carbocycles. The number of methoxy groups -OCH3 is 1. The van der Waals surface area contributed by atoms with Crippen LogP contribution in [0.25, 0.3) is 0 Å². The molecule has 0 rings (SSSR count). The van der Waals surface area contributed by atoms with Gasteiger partial charge in [0.15, 0.2) is 0 Å². The quantitative estimate of drug-likeness (QED) is 0.647. The summed E-state index contributed by atoms with van der Waals surface area (Å²) in [6.07, 6.45) is 0. The summed E-state index contributed by atoms with van der Waals surface area (Å²) in [5.41, 5.74) is 0. The second-order valence-electron chi connectivity index (χ2n) is 4.20. The summed E-state index contributed by atoms with van der Waals surface area (Å²) < 4.78 is 4.88. The molecule has 0 saturated heterocycles. The van der Waals surface area contributed by atoms with Gasteiger partial charge < -0.3 is 14.7 Å². The molecule has 0 saturated carbocycles. The number of ether oxygens (including phenoxy) is 1. The van der Waals surface area contributed by atoms with E-state index in [0.29, 0.717) is 13.2 Å². The van der Waals surface area contributed by atoms with Crippen molar-refractivity contribution in [2.45, 2.75) is 19.9 Å². The molecule has 0 spiro atoms. The summed E-state index contributed by atoms with van der Waals surface area (Å²) in [6.45, 7) is 4.61. The fourth-order valence-electron chi connectivity index (χ4n) is 1.22. The molecule has 0 atom stereocenters. The Bertz CT molecular complexity index is 256. The number of carbonyl (C=O) groups is 2. The molecule has 17 heavy (non-hydrogen) atoms. The number of likely N-dealkylation sites (N-methyl/N-ethyl adjacent to an activating group) is 1. The Kier molecular flexibility index (Phi) is 7.49. The molecule has 100 valence electrons. The third-order valence-electron chi connectivity index (χ3n) is 2.50. The van der Waals surface area contributed by atoms with Crippen LogP contribution in [-0.2, 0) is 14.3 Å². The molecule has 0 aliphatic heterocycles. The first-order chi connectivity index (χ1) is 7.88. The van der Waals surface area contributed by atoms with Gasteiger partial charge in [0.2, 0.25) is 5.91 Å². The van der Waals surface area contributed by atoms with Crippen LogP contribution < -0.4 is 0 Å². The van der Waals surface area contributed by atoms with Crippen LogP contribution >= 0.6 is 0 Å². The maximum Gasteiger partial charge on any atom is 0.317 e. The van der Waals surface area contributed by atoms with Gasteiger partial charge in [0.05, 0.1) is 19.7 Å². The monoisotopic (exact) mass is 246 g/mol. The van der Waals surface area contributed by atoms with Gasteiger partial charge in [-0.1, -0.05) is 0 Å². The van der Waals surface area contributed by atoms with Gasteiger partial charge in [0.1, 0.15) is 0 Å². The second kappa shape index (κ2) is 8.03. The Balaban J connectivity index is 4.30. The lowest BCUT2D eigenvalue weighted by Gasteiger charge is -2.26. The number of aliphatic carboxylic acids is 1. The molecule has 0 bridgehead atoms. The van der Waals surface area contributed by atoms with E-state index in [1.54, 1.807) is 24.0 Å². The lowest BCUT2D eigenvalue weighted by atomic mass is 10.3. The average Bonchev–Trinajstić information content (AvgIpc) is 2.23. The molecule has 0 aromatic heterocycles. The number of carboxylic acids is 1. The SMILES string of the molecule is COCCN(CC(=O)O)CC(=O)N(C)C(C)C. The summed E-state index contributed by atoms with van der Waals surface area (Å²) in [7, 11) is 3.25. The van der Waals surface area contributed by atoms with E-state index >= 15 is 0 Å². The summed E-state index contributed by atoms with van der Waals surface area (Å²) in [4.78, 5) is 25.6. The molecule has 1 N–H and O–H groups in total. The zero-order valence-corrected chi connectivity index (χ0v) is 11.0. The van der Waals surface area contributed by atoms with Crippen LogP contribution in [0.1, 0.15) is 13.8 Å². The van der Waals surface area contributed by atoms with Crippen molar-refractivity contribution in [3.05, 3.63) is 0 Å². The molecule has 1 amide bonds. The van der Waals surface area contributed by atoms with Gasteiger partial charge in [0, 0.05) is 26.7 Å². The molecule has 0 radical (unpaired) electrons. The first kappa shape index (κ1) is 15.9. The predicted molar refractivity (Wildman–Crippen MR) is 63.9 cm³/mol. The summed E-state index contributed by atoms with van der Waals surface area (Å²) >= 11 is 0. The van der Waals surface area contributed by atoms with E-state index in [-0.39, 0.29) is 25.0 Å². The summed E-state index contributed by atoms with van der Waals surface area (Å²) in [5.74, 6) is -1.03. The van der Waals surface area contributed by atoms with Crippen molar-refractivity contribution >= 4 is 11.9 Å². The highest BCUT2D eigenvalue weighted by molar-refractivity contribution is 5.79. The van der Waals surface area contributed by atoms with Crippen molar-refractivity contribution in [2.24, 2.45) is 0 Å². The maximum absolute atomic E-state index is 11.8. The Hall–Kier alpha value is -1.14. The third kappa shape index (κ3) is 6.91. The molecule has 6 heteroatoms. The van der Waals surface area contributed by atoms with Gasteiger partial charge in [-0.2, -0.15) is 0 Å². The molecule has 6 nitrogen and oxygen atoms in total. The minimum atomic E-state index is -0.943. The zero-order chi connectivity index (χ0) is 13.4. The van der Waals surface area contributed by atoms with Crippen molar-refractivity contribution in [1.82, 2.24) is 9.80 Å². The molecule has 0 aliphatic rings. The highest BCUT2D eigenvalue weighted by Gasteiger charge is 2.17. The topological polar surface area (TPSA) is 70.1 Å². The highest BCUT2D eigenvalue weighted by Crippen LogP contribution is 1.97. The van der Waals surface area contributed by atoms with Crippen LogP contribution in [0.5, 0.6) is 0 Å². The minimum absolute atomic E-state index is 0.0858. The van der Waals surface area contributed by atoms with E-state index in [4.69, 9.17) is 9.84 Å². The van der Waals surface area contributed by atoms with E-state index in [1.165, 1.54) is 0 Å². The molecule has 0 aromatic carbocycles. The van der Waals surface area contributed by atoms with Gasteiger partial charge in [0.25, 0.3) is 0 Å². The van der Waals surface area contributed by atoms with Crippen LogP contribution in [-0.4, -0.2) is 73.2 Å². The molecule has 0 fully saturated rings. The van der Waals surface area contributed by atoms with Crippen molar-refractivity contribution in [3.8, 4) is 0 Å². The maximum atomic E-state index is 11.8. The van der Waals surface area contributed by atoms with E-state index in [0.717, 1.165) is 0 Å². The van der Waals surface area contributed by atoms with E-state index in [2.05, 4.69) is 0 Å². The van der Waals surface area contributed by atoms with Gasteiger partial charge in [-0.15, -0.1) is 0 Å². The van der Waals surface area contributed by atoms with E-state index in [9.17, 15) is 9.59 Å². The first-order valence-electron chi connectivity index (χ1n) is 5.57. The number of rotatable bonds is 8. The number of amides is 1. The van der Waals surface area contributed by atoms with Crippen molar-refractivity contribution in [1.29, 1.82) is 0 Å². The largest absolute Gasteiger partial charge is 0.480 e. The van der Waals surface area contributed by atoms with Crippen molar-refractivity contribution < 1.29 is 19.4 Å². The fraction of sp³-hybridized carbons (Fsp3) is 0.818. The molecular weight excluding hydrogens is 224 g/mol. The van der Waals surface area contributed by atoms with Crippen LogP contribution in [0.15, 0.2) is 0 Å². The summed E-state index contributed by atoms with van der Waals surface area (Å²) in [6, 6.07) is 0.108. The van der Waals surface area contributed by atoms with Gasteiger partial charge in [-0.25, -0.2) is 0 Å². The Morgan fingerprint density at radius 1 is 1.29 bits per heavy atom. The van der Waals surface area contributed by atoms with Crippen LogP contribution in [0.4, 0.5) is 0 Å². The fourth-order valence-corrected chi connectivity index (χ4v) is 1.22. The minimum Gasteiger partial charge on any atom is -0.480 e. The zero-order valence-electron chi connectivity index (χ0n) is 11.0. The van der Waals surface area contributed by atoms with Crippen LogP contribution in [0.2, 0.25) is 0 Å². The average molecular weight is 246 g/mol. The third-order valence-corrected chi connectivity index (χ3v) is 2.50. The van der Waals surface area contributed by atoms with Crippen LogP contribution in [0.3, 0.4) is 0 Å². The van der Waals surface area contributed by atoms with E-state index < -0.39 is 5.97 Å². The number of carbonyl (C=O) groups excluding carboxylic acids is 1. The highest BCUT2D eigenvalue weighted by atomic mass is 16.5. The van der Waals surface area contributed by atoms with Gasteiger partial charge >= 0.3 is 5.97 Å². The molecule has 0 aromatic rings.